The SMILES string of the molecule is CN(C)CCc1cc(-c2cc3nc(-n4cc(-c5ccccc5)cn4)nc(N4CCOCC4)c3o2)nn1C. The van der Waals surface area contributed by atoms with Crippen molar-refractivity contribution in [3.05, 3.63) is 60.6 Å². The van der Waals surface area contributed by atoms with Crippen molar-refractivity contribution in [3.63, 3.8) is 0 Å². The highest BCUT2D eigenvalue weighted by molar-refractivity contribution is 5.88. The third-order valence-electron chi connectivity index (χ3n) is 6.59. The molecule has 1 aliphatic rings. The molecular weight excluding hydrogens is 468 g/mol. The second-order valence-electron chi connectivity index (χ2n) is 9.51. The molecule has 1 fully saturated rings. The number of morpholine rings is 1. The zero-order valence-electron chi connectivity index (χ0n) is 21.3. The van der Waals surface area contributed by atoms with Crippen molar-refractivity contribution >= 4 is 16.9 Å². The number of aryl methyl sites for hydroxylation is 1. The summed E-state index contributed by atoms with van der Waals surface area (Å²) in [5.41, 5.74) is 5.40. The third kappa shape index (κ3) is 4.73. The Labute approximate surface area is 215 Å². The molecule has 190 valence electrons. The van der Waals surface area contributed by atoms with Crippen molar-refractivity contribution in [3.8, 4) is 28.5 Å². The standard InChI is InChI=1S/C27H30N8O2/c1-32(2)10-9-21-15-22(31-33(21)3)24-16-23-25(37-24)26(34-11-13-36-14-12-34)30-27(29-23)35-18-20(17-28-35)19-7-5-4-6-8-19/h4-8,15-18H,9-14H2,1-3H3. The molecule has 6 rings (SSSR count). The van der Waals surface area contributed by atoms with E-state index in [0.29, 0.717) is 30.5 Å². The number of aromatic nitrogens is 6. The molecule has 37 heavy (non-hydrogen) atoms. The third-order valence-corrected chi connectivity index (χ3v) is 6.59. The molecule has 10 nitrogen and oxygen atoms in total. The number of likely N-dealkylation sites (N-methyl/N-ethyl adjacent to an activating group) is 1. The lowest BCUT2D eigenvalue weighted by molar-refractivity contribution is 0.122. The van der Waals surface area contributed by atoms with E-state index in [4.69, 9.17) is 24.2 Å². The van der Waals surface area contributed by atoms with Crippen molar-refractivity contribution in [2.45, 2.75) is 6.42 Å². The number of benzene rings is 1. The van der Waals surface area contributed by atoms with Gasteiger partial charge >= 0.3 is 0 Å². The highest BCUT2D eigenvalue weighted by Crippen LogP contribution is 2.33. The minimum Gasteiger partial charge on any atom is -0.449 e. The zero-order chi connectivity index (χ0) is 25.4. The molecule has 1 aromatic carbocycles. The van der Waals surface area contributed by atoms with E-state index < -0.39 is 0 Å². The molecule has 0 atom stereocenters. The first-order valence-electron chi connectivity index (χ1n) is 12.5. The average molecular weight is 499 g/mol. The quantitative estimate of drug-likeness (QED) is 0.337. The Hall–Kier alpha value is -4.02. The van der Waals surface area contributed by atoms with E-state index >= 15 is 0 Å². The van der Waals surface area contributed by atoms with Crippen LogP contribution < -0.4 is 4.90 Å². The van der Waals surface area contributed by atoms with Gasteiger partial charge in [-0.25, -0.2) is 9.67 Å². The molecule has 0 N–H and O–H groups in total. The lowest BCUT2D eigenvalue weighted by Crippen LogP contribution is -2.37. The van der Waals surface area contributed by atoms with Crippen LogP contribution in [-0.2, 0) is 18.2 Å². The van der Waals surface area contributed by atoms with Gasteiger partial charge in [0.25, 0.3) is 5.95 Å². The van der Waals surface area contributed by atoms with Gasteiger partial charge in [-0.3, -0.25) is 4.68 Å². The van der Waals surface area contributed by atoms with Crippen LogP contribution >= 0.6 is 0 Å². The van der Waals surface area contributed by atoms with Gasteiger partial charge in [0.15, 0.2) is 17.2 Å². The van der Waals surface area contributed by atoms with E-state index in [-0.39, 0.29) is 0 Å². The Bertz CT molecular complexity index is 1510. The lowest BCUT2D eigenvalue weighted by atomic mass is 10.1. The number of nitrogens with zero attached hydrogens (tertiary/aromatic N) is 8. The van der Waals surface area contributed by atoms with Crippen LogP contribution in [0.2, 0.25) is 0 Å². The van der Waals surface area contributed by atoms with Crippen LogP contribution in [-0.4, -0.2) is 81.4 Å². The normalized spacial score (nSPS) is 14.2. The number of hydrogen-bond donors (Lipinski definition) is 0. The predicted molar refractivity (Wildman–Crippen MR) is 142 cm³/mol. The molecule has 1 aliphatic heterocycles. The van der Waals surface area contributed by atoms with Gasteiger partial charge < -0.3 is 19.0 Å². The molecule has 0 aliphatic carbocycles. The Morgan fingerprint density at radius 1 is 1.00 bits per heavy atom. The van der Waals surface area contributed by atoms with Gasteiger partial charge in [0, 0.05) is 56.6 Å². The summed E-state index contributed by atoms with van der Waals surface area (Å²) in [6.45, 7) is 3.69. The molecule has 0 amide bonds. The average Bonchev–Trinajstić information content (AvgIpc) is 3.66. The van der Waals surface area contributed by atoms with Crippen molar-refractivity contribution < 1.29 is 9.15 Å². The maximum Gasteiger partial charge on any atom is 0.253 e. The number of furan rings is 1. The summed E-state index contributed by atoms with van der Waals surface area (Å²) < 4.78 is 15.6. The van der Waals surface area contributed by atoms with Crippen molar-refractivity contribution in [1.82, 2.24) is 34.4 Å². The smallest absolute Gasteiger partial charge is 0.253 e. The van der Waals surface area contributed by atoms with Crippen molar-refractivity contribution in [1.29, 1.82) is 0 Å². The fraction of sp³-hybridized carbons (Fsp3) is 0.333. The summed E-state index contributed by atoms with van der Waals surface area (Å²) in [6, 6.07) is 14.2. The van der Waals surface area contributed by atoms with E-state index in [2.05, 4.69) is 47.2 Å². The van der Waals surface area contributed by atoms with E-state index in [9.17, 15) is 0 Å². The highest BCUT2D eigenvalue weighted by Gasteiger charge is 2.23. The fourth-order valence-electron chi connectivity index (χ4n) is 4.53. The number of rotatable bonds is 7. The maximum absolute atomic E-state index is 6.37. The fourth-order valence-corrected chi connectivity index (χ4v) is 4.53. The molecule has 0 unspecified atom stereocenters. The summed E-state index contributed by atoms with van der Waals surface area (Å²) in [6.07, 6.45) is 4.69. The minimum atomic E-state index is 0.496. The lowest BCUT2D eigenvalue weighted by Gasteiger charge is -2.27. The Kier molecular flexibility index (Phi) is 6.19. The summed E-state index contributed by atoms with van der Waals surface area (Å²) in [4.78, 5) is 14.1. The number of anilines is 1. The van der Waals surface area contributed by atoms with Crippen LogP contribution in [0.4, 0.5) is 5.82 Å². The molecule has 1 saturated heterocycles. The highest BCUT2D eigenvalue weighted by atomic mass is 16.5. The molecule has 0 saturated carbocycles. The second-order valence-corrected chi connectivity index (χ2v) is 9.51. The topological polar surface area (TPSA) is 90.3 Å². The first-order chi connectivity index (χ1) is 18.0. The second kappa shape index (κ2) is 9.79. The van der Waals surface area contributed by atoms with E-state index in [1.54, 1.807) is 4.68 Å². The van der Waals surface area contributed by atoms with E-state index in [0.717, 1.165) is 59.9 Å². The van der Waals surface area contributed by atoms with Gasteiger partial charge in [-0.15, -0.1) is 0 Å². The van der Waals surface area contributed by atoms with Crippen LogP contribution in [0, 0.1) is 0 Å². The van der Waals surface area contributed by atoms with Crippen LogP contribution in [0.15, 0.2) is 59.3 Å². The van der Waals surface area contributed by atoms with Gasteiger partial charge in [-0.2, -0.15) is 15.2 Å². The molecule has 0 radical (unpaired) electrons. The summed E-state index contributed by atoms with van der Waals surface area (Å²) in [7, 11) is 6.11. The van der Waals surface area contributed by atoms with Gasteiger partial charge in [-0.1, -0.05) is 30.3 Å². The van der Waals surface area contributed by atoms with Gasteiger partial charge in [0.2, 0.25) is 0 Å². The summed E-state index contributed by atoms with van der Waals surface area (Å²) >= 11 is 0. The Balaban J connectivity index is 1.41. The Morgan fingerprint density at radius 3 is 2.59 bits per heavy atom. The van der Waals surface area contributed by atoms with Crippen LogP contribution in [0.5, 0.6) is 0 Å². The predicted octanol–water partition coefficient (Wildman–Crippen LogP) is 3.42. The first kappa shape index (κ1) is 23.4. The summed E-state index contributed by atoms with van der Waals surface area (Å²) in [5, 5.41) is 9.29. The molecule has 0 bridgehead atoms. The molecule has 5 aromatic rings. The Morgan fingerprint density at radius 2 is 1.81 bits per heavy atom. The van der Waals surface area contributed by atoms with Crippen molar-refractivity contribution in [2.24, 2.45) is 7.05 Å². The zero-order valence-corrected chi connectivity index (χ0v) is 21.3. The van der Waals surface area contributed by atoms with E-state index in [1.165, 1.54) is 0 Å². The van der Waals surface area contributed by atoms with Gasteiger partial charge in [0.05, 0.1) is 19.4 Å². The largest absolute Gasteiger partial charge is 0.449 e. The molecule has 0 spiro atoms. The van der Waals surface area contributed by atoms with Gasteiger partial charge in [0.1, 0.15) is 11.2 Å². The van der Waals surface area contributed by atoms with Crippen LogP contribution in [0.1, 0.15) is 5.69 Å². The number of fused-ring (bicyclic) bond motifs is 1. The molecule has 10 heteroatoms. The maximum atomic E-state index is 6.37. The van der Waals surface area contributed by atoms with Crippen LogP contribution in [0.25, 0.3) is 39.6 Å². The summed E-state index contributed by atoms with van der Waals surface area (Å²) in [5.74, 6) is 1.92. The number of hydrogen-bond acceptors (Lipinski definition) is 8. The van der Waals surface area contributed by atoms with Crippen LogP contribution in [0.3, 0.4) is 0 Å². The molecule has 4 aromatic heterocycles. The molecule has 5 heterocycles. The first-order valence-corrected chi connectivity index (χ1v) is 12.5. The number of ether oxygens (including phenoxy) is 1. The van der Waals surface area contributed by atoms with Crippen molar-refractivity contribution in [2.75, 3.05) is 51.8 Å². The molecular formula is C27H30N8O2. The van der Waals surface area contributed by atoms with Gasteiger partial charge in [-0.05, 0) is 25.7 Å². The minimum absolute atomic E-state index is 0.496. The monoisotopic (exact) mass is 498 g/mol. The van der Waals surface area contributed by atoms with E-state index in [1.807, 2.05) is 48.4 Å².